The lowest BCUT2D eigenvalue weighted by Crippen LogP contribution is -2.22. The molecule has 0 spiro atoms. The Morgan fingerprint density at radius 1 is 1.16 bits per heavy atom. The van der Waals surface area contributed by atoms with Crippen LogP contribution in [0.4, 0.5) is 5.82 Å². The fraction of sp³-hybridized carbons (Fsp3) is 0.200. The number of aryl methyl sites for hydroxylation is 1. The number of benzene rings is 1. The Hall–Kier alpha value is -2.36. The van der Waals surface area contributed by atoms with Crippen molar-refractivity contribution in [2.24, 2.45) is 0 Å². The second kappa shape index (κ2) is 6.00. The Balaban J connectivity index is 1.94. The van der Waals surface area contributed by atoms with Crippen molar-refractivity contribution >= 4 is 11.7 Å². The molecule has 0 radical (unpaired) electrons. The van der Waals surface area contributed by atoms with E-state index in [1.165, 1.54) is 11.8 Å². The zero-order valence-electron chi connectivity index (χ0n) is 10.9. The third kappa shape index (κ3) is 3.55. The minimum absolute atomic E-state index is 0.146. The lowest BCUT2D eigenvalue weighted by molar-refractivity contribution is 0.0950. The summed E-state index contributed by atoms with van der Waals surface area (Å²) in [5.41, 5.74) is 8.36. The van der Waals surface area contributed by atoms with E-state index in [0.717, 1.165) is 12.0 Å². The van der Waals surface area contributed by atoms with Gasteiger partial charge in [-0.1, -0.05) is 31.2 Å². The number of nitrogens with zero attached hydrogens (tertiary/aromatic N) is 1. The summed E-state index contributed by atoms with van der Waals surface area (Å²) in [5.74, 6) is 0.263. The molecule has 4 heteroatoms. The minimum Gasteiger partial charge on any atom is -0.384 e. The monoisotopic (exact) mass is 255 g/mol. The molecule has 0 aliphatic carbocycles. The van der Waals surface area contributed by atoms with E-state index in [1.54, 1.807) is 12.1 Å². The fourth-order valence-corrected chi connectivity index (χ4v) is 1.72. The lowest BCUT2D eigenvalue weighted by atomic mass is 10.1. The summed E-state index contributed by atoms with van der Waals surface area (Å²) in [6.45, 7) is 2.62. The molecule has 0 aliphatic heterocycles. The molecule has 2 aromatic rings. The van der Waals surface area contributed by atoms with E-state index in [4.69, 9.17) is 5.73 Å². The van der Waals surface area contributed by atoms with E-state index in [9.17, 15) is 4.79 Å². The maximum absolute atomic E-state index is 11.9. The topological polar surface area (TPSA) is 68.0 Å². The van der Waals surface area contributed by atoms with Crippen LogP contribution in [0.15, 0.2) is 42.6 Å². The summed E-state index contributed by atoms with van der Waals surface area (Å²) < 4.78 is 0. The normalized spacial score (nSPS) is 10.2. The van der Waals surface area contributed by atoms with Crippen molar-refractivity contribution in [3.63, 3.8) is 0 Å². The molecule has 0 unspecified atom stereocenters. The summed E-state index contributed by atoms with van der Waals surface area (Å²) in [4.78, 5) is 15.8. The largest absolute Gasteiger partial charge is 0.384 e. The summed E-state index contributed by atoms with van der Waals surface area (Å²) in [5, 5.41) is 2.85. The zero-order valence-corrected chi connectivity index (χ0v) is 10.9. The Labute approximate surface area is 112 Å². The highest BCUT2D eigenvalue weighted by Crippen LogP contribution is 2.06. The van der Waals surface area contributed by atoms with Gasteiger partial charge in [0.05, 0.1) is 5.56 Å². The number of aromatic nitrogens is 1. The Kier molecular flexibility index (Phi) is 4.13. The number of nitrogen functional groups attached to an aromatic ring is 1. The number of carbonyl (C=O) groups is 1. The maximum atomic E-state index is 11.9. The van der Waals surface area contributed by atoms with Crippen LogP contribution in [0, 0.1) is 0 Å². The average molecular weight is 255 g/mol. The molecule has 0 fully saturated rings. The van der Waals surface area contributed by atoms with Crippen LogP contribution in [0.2, 0.25) is 0 Å². The molecule has 0 aliphatic rings. The third-order valence-electron chi connectivity index (χ3n) is 2.93. The highest BCUT2D eigenvalue weighted by Gasteiger charge is 2.05. The average Bonchev–Trinajstić information content (AvgIpc) is 2.46. The molecule has 3 N–H and O–H groups in total. The van der Waals surface area contributed by atoms with Crippen molar-refractivity contribution in [3.05, 3.63) is 59.3 Å². The molecule has 19 heavy (non-hydrogen) atoms. The molecular weight excluding hydrogens is 238 g/mol. The number of hydrogen-bond donors (Lipinski definition) is 2. The van der Waals surface area contributed by atoms with E-state index in [-0.39, 0.29) is 5.91 Å². The van der Waals surface area contributed by atoms with Gasteiger partial charge in [-0.3, -0.25) is 4.79 Å². The van der Waals surface area contributed by atoms with E-state index in [1.807, 2.05) is 12.1 Å². The maximum Gasteiger partial charge on any atom is 0.253 e. The molecule has 98 valence electrons. The van der Waals surface area contributed by atoms with E-state index < -0.39 is 0 Å². The number of anilines is 1. The van der Waals surface area contributed by atoms with Crippen molar-refractivity contribution in [1.82, 2.24) is 10.3 Å². The highest BCUT2D eigenvalue weighted by atomic mass is 16.1. The van der Waals surface area contributed by atoms with Gasteiger partial charge >= 0.3 is 0 Å². The van der Waals surface area contributed by atoms with Gasteiger partial charge in [0.1, 0.15) is 5.82 Å². The van der Waals surface area contributed by atoms with Gasteiger partial charge in [0.2, 0.25) is 0 Å². The number of carbonyl (C=O) groups excluding carboxylic acids is 1. The quantitative estimate of drug-likeness (QED) is 0.879. The van der Waals surface area contributed by atoms with Crippen molar-refractivity contribution in [2.45, 2.75) is 19.9 Å². The van der Waals surface area contributed by atoms with Gasteiger partial charge in [0.15, 0.2) is 0 Å². The molecule has 0 saturated carbocycles. The van der Waals surface area contributed by atoms with Crippen LogP contribution in [0.5, 0.6) is 0 Å². The van der Waals surface area contributed by atoms with Crippen LogP contribution in [0.3, 0.4) is 0 Å². The highest BCUT2D eigenvalue weighted by molar-refractivity contribution is 5.93. The number of nitrogens with two attached hydrogens (primary N) is 1. The first-order valence-corrected chi connectivity index (χ1v) is 6.26. The fourth-order valence-electron chi connectivity index (χ4n) is 1.72. The van der Waals surface area contributed by atoms with Crippen molar-refractivity contribution in [3.8, 4) is 0 Å². The SMILES string of the molecule is CCc1ccc(CNC(=O)c2ccc(N)nc2)cc1. The molecule has 1 heterocycles. The van der Waals surface area contributed by atoms with Gasteiger partial charge in [-0.25, -0.2) is 4.98 Å². The number of rotatable bonds is 4. The molecule has 0 atom stereocenters. The minimum atomic E-state index is -0.146. The molecular formula is C15H17N3O. The molecule has 1 amide bonds. The third-order valence-corrected chi connectivity index (χ3v) is 2.93. The van der Waals surface area contributed by atoms with Gasteiger partial charge in [-0.05, 0) is 29.7 Å². The number of nitrogens with one attached hydrogen (secondary N) is 1. The Bertz CT molecular complexity index is 547. The van der Waals surface area contributed by atoms with Crippen LogP contribution in [0.25, 0.3) is 0 Å². The first kappa shape index (κ1) is 13.1. The standard InChI is InChI=1S/C15H17N3O/c1-2-11-3-5-12(6-4-11)9-18-15(19)13-7-8-14(16)17-10-13/h3-8,10H,2,9H2,1H3,(H2,16,17)(H,18,19). The zero-order chi connectivity index (χ0) is 13.7. The van der Waals surface area contributed by atoms with Gasteiger partial charge in [0, 0.05) is 12.7 Å². The van der Waals surface area contributed by atoms with E-state index >= 15 is 0 Å². The molecule has 0 bridgehead atoms. The number of amides is 1. The molecule has 1 aromatic carbocycles. The van der Waals surface area contributed by atoms with E-state index in [0.29, 0.717) is 17.9 Å². The molecule has 4 nitrogen and oxygen atoms in total. The summed E-state index contributed by atoms with van der Waals surface area (Å²) in [6.07, 6.45) is 2.49. The van der Waals surface area contributed by atoms with Crippen molar-refractivity contribution in [2.75, 3.05) is 5.73 Å². The first-order valence-electron chi connectivity index (χ1n) is 6.26. The predicted octanol–water partition coefficient (Wildman–Crippen LogP) is 2.16. The van der Waals surface area contributed by atoms with Crippen LogP contribution in [-0.2, 0) is 13.0 Å². The first-order chi connectivity index (χ1) is 9.19. The Morgan fingerprint density at radius 2 is 1.84 bits per heavy atom. The summed E-state index contributed by atoms with van der Waals surface area (Å²) in [6, 6.07) is 11.5. The summed E-state index contributed by atoms with van der Waals surface area (Å²) >= 11 is 0. The smallest absolute Gasteiger partial charge is 0.253 e. The van der Waals surface area contributed by atoms with E-state index in [2.05, 4.69) is 29.4 Å². The van der Waals surface area contributed by atoms with Crippen LogP contribution in [-0.4, -0.2) is 10.9 Å². The lowest BCUT2D eigenvalue weighted by Gasteiger charge is -2.06. The predicted molar refractivity (Wildman–Crippen MR) is 75.6 cm³/mol. The molecule has 0 saturated heterocycles. The molecule has 1 aromatic heterocycles. The summed E-state index contributed by atoms with van der Waals surface area (Å²) in [7, 11) is 0. The van der Waals surface area contributed by atoms with Gasteiger partial charge in [-0.15, -0.1) is 0 Å². The Morgan fingerprint density at radius 3 is 2.42 bits per heavy atom. The van der Waals surface area contributed by atoms with Crippen molar-refractivity contribution in [1.29, 1.82) is 0 Å². The van der Waals surface area contributed by atoms with Gasteiger partial charge in [-0.2, -0.15) is 0 Å². The van der Waals surface area contributed by atoms with Crippen LogP contribution >= 0.6 is 0 Å². The van der Waals surface area contributed by atoms with Gasteiger partial charge in [0.25, 0.3) is 5.91 Å². The second-order valence-electron chi connectivity index (χ2n) is 4.32. The molecule has 2 rings (SSSR count). The van der Waals surface area contributed by atoms with Gasteiger partial charge < -0.3 is 11.1 Å². The van der Waals surface area contributed by atoms with Crippen LogP contribution < -0.4 is 11.1 Å². The van der Waals surface area contributed by atoms with Crippen molar-refractivity contribution < 1.29 is 4.79 Å². The second-order valence-corrected chi connectivity index (χ2v) is 4.32. The number of hydrogen-bond acceptors (Lipinski definition) is 3. The van der Waals surface area contributed by atoms with Crippen LogP contribution in [0.1, 0.15) is 28.4 Å². The number of pyridine rings is 1.